The summed E-state index contributed by atoms with van der Waals surface area (Å²) in [5, 5.41) is 3.15. The minimum atomic E-state index is -2.78. The Morgan fingerprint density at radius 1 is 1.20 bits per heavy atom. The van der Waals surface area contributed by atoms with E-state index in [9.17, 15) is 13.2 Å². The molecule has 0 aliphatic rings. The van der Waals surface area contributed by atoms with Gasteiger partial charge in [0.15, 0.2) is 0 Å². The summed E-state index contributed by atoms with van der Waals surface area (Å²) >= 11 is 0. The van der Waals surface area contributed by atoms with Crippen LogP contribution in [0.1, 0.15) is 23.6 Å². The highest BCUT2D eigenvalue weighted by Gasteiger charge is 2.06. The van der Waals surface area contributed by atoms with Gasteiger partial charge < -0.3 is 11.1 Å². The van der Waals surface area contributed by atoms with Crippen molar-refractivity contribution < 1.29 is 13.2 Å². The van der Waals surface area contributed by atoms with Gasteiger partial charge in [-0.2, -0.15) is 8.78 Å². The van der Waals surface area contributed by atoms with Crippen molar-refractivity contribution in [3.05, 3.63) is 70.7 Å². The summed E-state index contributed by atoms with van der Waals surface area (Å²) in [5.41, 5.74) is 9.52. The molecule has 0 spiro atoms. The first-order valence-corrected chi connectivity index (χ1v) is 7.74. The highest BCUT2D eigenvalue weighted by molar-refractivity contribution is 6.10. The van der Waals surface area contributed by atoms with Crippen LogP contribution in [0.3, 0.4) is 0 Å². The van der Waals surface area contributed by atoms with Crippen LogP contribution in [0, 0.1) is 12.7 Å². The third kappa shape index (κ3) is 5.11. The molecule has 0 bridgehead atoms. The highest BCUT2D eigenvalue weighted by Crippen LogP contribution is 2.20. The molecule has 3 N–H and O–H groups in total. The van der Waals surface area contributed by atoms with Crippen LogP contribution < -0.4 is 11.1 Å². The lowest BCUT2D eigenvalue weighted by Crippen LogP contribution is -2.04. The van der Waals surface area contributed by atoms with Gasteiger partial charge in [-0.05, 0) is 43.2 Å². The number of nitrogens with zero attached hydrogens (tertiary/aromatic N) is 1. The first kappa shape index (κ1) is 18.6. The molecule has 0 amide bonds. The normalized spacial score (nSPS) is 12.6. The fourth-order valence-electron chi connectivity index (χ4n) is 2.38. The van der Waals surface area contributed by atoms with Crippen molar-refractivity contribution in [2.45, 2.75) is 26.9 Å². The summed E-state index contributed by atoms with van der Waals surface area (Å²) in [6.45, 7) is 1.05. The van der Waals surface area contributed by atoms with Crippen molar-refractivity contribution in [2.75, 3.05) is 5.32 Å². The Morgan fingerprint density at radius 2 is 1.88 bits per heavy atom. The number of rotatable bonds is 6. The lowest BCUT2D eigenvalue weighted by atomic mass is 10.0. The second-order valence-electron chi connectivity index (χ2n) is 5.62. The number of nitrogens with two attached hydrogens (primary N) is 1. The van der Waals surface area contributed by atoms with Gasteiger partial charge in [-0.15, -0.1) is 0 Å². The van der Waals surface area contributed by atoms with E-state index in [1.807, 2.05) is 13.0 Å². The van der Waals surface area contributed by atoms with Crippen LogP contribution in [0.5, 0.6) is 0 Å². The lowest BCUT2D eigenvalue weighted by Gasteiger charge is -2.11. The average Bonchev–Trinajstić information content (AvgIpc) is 2.55. The van der Waals surface area contributed by atoms with Crippen LogP contribution in [-0.4, -0.2) is 12.8 Å². The van der Waals surface area contributed by atoms with Gasteiger partial charge >= 0.3 is 6.55 Å². The van der Waals surface area contributed by atoms with Gasteiger partial charge in [-0.25, -0.2) is 9.38 Å². The van der Waals surface area contributed by atoms with Gasteiger partial charge in [-0.3, -0.25) is 0 Å². The molecule has 6 heteroatoms. The summed E-state index contributed by atoms with van der Waals surface area (Å²) < 4.78 is 38.4. The molecular formula is C19H20F3N3. The van der Waals surface area contributed by atoms with E-state index in [1.165, 1.54) is 6.07 Å². The SMILES string of the molecule is C/C(N)=C(/C=N/C(F)F)c1ccc(NCc2c(C)cccc2F)cc1. The quantitative estimate of drug-likeness (QED) is 0.586. The van der Waals surface area contributed by atoms with Crippen molar-refractivity contribution in [3.63, 3.8) is 0 Å². The molecule has 0 radical (unpaired) electrons. The second-order valence-corrected chi connectivity index (χ2v) is 5.62. The van der Waals surface area contributed by atoms with E-state index in [4.69, 9.17) is 5.73 Å². The van der Waals surface area contributed by atoms with E-state index in [0.29, 0.717) is 28.9 Å². The molecule has 25 heavy (non-hydrogen) atoms. The largest absolute Gasteiger partial charge is 0.402 e. The van der Waals surface area contributed by atoms with Crippen LogP contribution in [0.2, 0.25) is 0 Å². The zero-order valence-corrected chi connectivity index (χ0v) is 14.1. The molecule has 0 aromatic heterocycles. The topological polar surface area (TPSA) is 50.4 Å². The highest BCUT2D eigenvalue weighted by atomic mass is 19.3. The van der Waals surface area contributed by atoms with Gasteiger partial charge in [0.25, 0.3) is 0 Å². The standard InChI is InChI=1S/C19H20F3N3/c1-12-4-3-5-18(20)16(12)10-24-15-8-6-14(7-9-15)17(13(2)23)11-25-19(21)22/h3-9,11,19,24H,10,23H2,1-2H3/b17-13+,25-11+. The summed E-state index contributed by atoms with van der Waals surface area (Å²) in [5.74, 6) is -0.253. The summed E-state index contributed by atoms with van der Waals surface area (Å²) in [6, 6.07) is 12.0. The number of aryl methyl sites for hydroxylation is 1. The number of nitrogens with one attached hydrogen (secondary N) is 1. The Bertz CT molecular complexity index is 757. The average molecular weight is 347 g/mol. The monoisotopic (exact) mass is 347 g/mol. The Kier molecular flexibility index (Phi) is 6.22. The van der Waals surface area contributed by atoms with Crippen LogP contribution in [0.15, 0.2) is 53.2 Å². The minimum Gasteiger partial charge on any atom is -0.402 e. The molecule has 0 unspecified atom stereocenters. The van der Waals surface area contributed by atoms with E-state index >= 15 is 0 Å². The fourth-order valence-corrected chi connectivity index (χ4v) is 2.38. The maximum absolute atomic E-state index is 13.8. The third-order valence-electron chi connectivity index (χ3n) is 3.76. The molecule has 0 atom stereocenters. The van der Waals surface area contributed by atoms with Crippen molar-refractivity contribution in [2.24, 2.45) is 10.7 Å². The summed E-state index contributed by atoms with van der Waals surface area (Å²) in [7, 11) is 0. The molecule has 0 fully saturated rings. The van der Waals surface area contributed by atoms with E-state index in [0.717, 1.165) is 17.5 Å². The third-order valence-corrected chi connectivity index (χ3v) is 3.76. The van der Waals surface area contributed by atoms with Crippen molar-refractivity contribution in [1.29, 1.82) is 0 Å². The van der Waals surface area contributed by atoms with Crippen LogP contribution in [0.25, 0.3) is 5.57 Å². The number of hydrogen-bond acceptors (Lipinski definition) is 3. The minimum absolute atomic E-state index is 0.253. The number of aliphatic imine (C=N–C) groups is 1. The molecule has 132 valence electrons. The number of allylic oxidation sites excluding steroid dienone is 2. The molecule has 2 aromatic rings. The predicted molar refractivity (Wildman–Crippen MR) is 96.2 cm³/mol. The Morgan fingerprint density at radius 3 is 2.44 bits per heavy atom. The Hall–Kier alpha value is -2.76. The predicted octanol–water partition coefficient (Wildman–Crippen LogP) is 4.73. The van der Waals surface area contributed by atoms with Crippen molar-refractivity contribution in [3.8, 4) is 0 Å². The van der Waals surface area contributed by atoms with E-state index in [-0.39, 0.29) is 5.82 Å². The number of halogens is 3. The fraction of sp³-hybridized carbons (Fsp3) is 0.211. The number of benzene rings is 2. The van der Waals surface area contributed by atoms with Crippen molar-refractivity contribution in [1.82, 2.24) is 0 Å². The van der Waals surface area contributed by atoms with Gasteiger partial charge in [0.05, 0.1) is 0 Å². The smallest absolute Gasteiger partial charge is 0.331 e. The summed E-state index contributed by atoms with van der Waals surface area (Å²) in [6.07, 6.45) is 1.07. The molecule has 0 heterocycles. The molecular weight excluding hydrogens is 327 g/mol. The second kappa shape index (κ2) is 8.37. The van der Waals surface area contributed by atoms with Crippen LogP contribution in [-0.2, 0) is 6.54 Å². The van der Waals surface area contributed by atoms with Gasteiger partial charge in [-0.1, -0.05) is 24.3 Å². The molecule has 2 rings (SSSR count). The van der Waals surface area contributed by atoms with E-state index in [2.05, 4.69) is 10.3 Å². The van der Waals surface area contributed by atoms with E-state index < -0.39 is 6.55 Å². The van der Waals surface area contributed by atoms with Gasteiger partial charge in [0, 0.05) is 35.3 Å². The molecule has 2 aromatic carbocycles. The van der Waals surface area contributed by atoms with Gasteiger partial charge in [0.2, 0.25) is 0 Å². The van der Waals surface area contributed by atoms with Gasteiger partial charge in [0.1, 0.15) is 5.82 Å². The molecule has 0 aliphatic heterocycles. The van der Waals surface area contributed by atoms with Crippen LogP contribution in [0.4, 0.5) is 18.9 Å². The molecule has 0 saturated carbocycles. The zero-order chi connectivity index (χ0) is 18.4. The van der Waals surface area contributed by atoms with Crippen LogP contribution >= 0.6 is 0 Å². The zero-order valence-electron chi connectivity index (χ0n) is 14.1. The lowest BCUT2D eigenvalue weighted by molar-refractivity contribution is 0.161. The molecule has 3 nitrogen and oxygen atoms in total. The number of hydrogen-bond donors (Lipinski definition) is 2. The van der Waals surface area contributed by atoms with E-state index in [1.54, 1.807) is 37.3 Å². The first-order valence-electron chi connectivity index (χ1n) is 7.74. The number of alkyl halides is 2. The Balaban J connectivity index is 2.13. The number of anilines is 1. The molecule has 0 aliphatic carbocycles. The Labute approximate surface area is 145 Å². The molecule has 0 saturated heterocycles. The first-order chi connectivity index (χ1) is 11.9. The summed E-state index contributed by atoms with van der Waals surface area (Å²) in [4.78, 5) is 3.09. The maximum atomic E-state index is 13.8. The maximum Gasteiger partial charge on any atom is 0.331 e. The van der Waals surface area contributed by atoms with Crippen molar-refractivity contribution >= 4 is 17.5 Å².